The topological polar surface area (TPSA) is 43.8 Å². The average molecular weight is 207 g/mol. The molecule has 0 radical (unpaired) electrons. The van der Waals surface area contributed by atoms with Crippen molar-refractivity contribution in [1.29, 1.82) is 0 Å². The van der Waals surface area contributed by atoms with E-state index in [1.54, 1.807) is 11.3 Å². The Hall–Kier alpha value is -1.13. The molecule has 0 amide bonds. The number of aryl methyl sites for hydroxylation is 2. The largest absolute Gasteiger partial charge is 0.318 e. The maximum absolute atomic E-state index is 6.08. The molecule has 0 aliphatic heterocycles. The van der Waals surface area contributed by atoms with Gasteiger partial charge in [-0.2, -0.15) is 5.10 Å². The van der Waals surface area contributed by atoms with Crippen LogP contribution in [-0.4, -0.2) is 9.78 Å². The van der Waals surface area contributed by atoms with Crippen LogP contribution in [0.25, 0.3) is 0 Å². The summed E-state index contributed by atoms with van der Waals surface area (Å²) in [6, 6.07) is 5.99. The fourth-order valence-corrected chi connectivity index (χ4v) is 2.09. The van der Waals surface area contributed by atoms with E-state index in [4.69, 9.17) is 5.73 Å². The zero-order valence-corrected chi connectivity index (χ0v) is 9.08. The molecule has 0 saturated carbocycles. The molecule has 2 aromatic rings. The molecule has 0 aromatic carbocycles. The minimum absolute atomic E-state index is 0.0881. The van der Waals surface area contributed by atoms with E-state index in [-0.39, 0.29) is 6.04 Å². The van der Waals surface area contributed by atoms with Crippen molar-refractivity contribution in [2.75, 3.05) is 0 Å². The van der Waals surface area contributed by atoms with E-state index >= 15 is 0 Å². The third-order valence-corrected chi connectivity index (χ3v) is 3.26. The van der Waals surface area contributed by atoms with Crippen LogP contribution in [0.1, 0.15) is 22.3 Å². The number of nitrogens with zero attached hydrogens (tertiary/aromatic N) is 2. The second-order valence-corrected chi connectivity index (χ2v) is 4.31. The first-order valence-corrected chi connectivity index (χ1v) is 5.36. The van der Waals surface area contributed by atoms with Gasteiger partial charge in [0.1, 0.15) is 0 Å². The summed E-state index contributed by atoms with van der Waals surface area (Å²) in [5.74, 6) is 0. The molecule has 2 heterocycles. The van der Waals surface area contributed by atoms with Crippen LogP contribution in [0.15, 0.2) is 23.6 Å². The predicted molar refractivity (Wildman–Crippen MR) is 58.3 cm³/mol. The Labute approximate surface area is 87.2 Å². The van der Waals surface area contributed by atoms with E-state index in [2.05, 4.69) is 5.10 Å². The van der Waals surface area contributed by atoms with Crippen LogP contribution in [0.4, 0.5) is 0 Å². The zero-order valence-electron chi connectivity index (χ0n) is 8.27. The van der Waals surface area contributed by atoms with Crippen molar-refractivity contribution in [1.82, 2.24) is 9.78 Å². The van der Waals surface area contributed by atoms with E-state index in [9.17, 15) is 0 Å². The van der Waals surface area contributed by atoms with Crippen LogP contribution in [0.2, 0.25) is 0 Å². The van der Waals surface area contributed by atoms with Gasteiger partial charge in [-0.25, -0.2) is 0 Å². The van der Waals surface area contributed by atoms with Gasteiger partial charge in [0.2, 0.25) is 0 Å². The van der Waals surface area contributed by atoms with Crippen LogP contribution in [0.5, 0.6) is 0 Å². The summed E-state index contributed by atoms with van der Waals surface area (Å²) < 4.78 is 1.85. The molecule has 14 heavy (non-hydrogen) atoms. The number of aromatic nitrogens is 2. The lowest BCUT2D eigenvalue weighted by Crippen LogP contribution is -2.11. The van der Waals surface area contributed by atoms with Gasteiger partial charge < -0.3 is 5.73 Å². The maximum Gasteiger partial charge on any atom is 0.0848 e. The Kier molecular flexibility index (Phi) is 2.39. The molecular formula is C10H13N3S. The van der Waals surface area contributed by atoms with Crippen LogP contribution in [0.3, 0.4) is 0 Å². The van der Waals surface area contributed by atoms with Gasteiger partial charge in [-0.1, -0.05) is 6.07 Å². The minimum atomic E-state index is -0.0881. The lowest BCUT2D eigenvalue weighted by molar-refractivity contribution is 0.703. The molecule has 0 aliphatic carbocycles. The Morgan fingerprint density at radius 3 is 2.86 bits per heavy atom. The highest BCUT2D eigenvalue weighted by Gasteiger charge is 2.13. The second-order valence-electron chi connectivity index (χ2n) is 3.33. The minimum Gasteiger partial charge on any atom is -0.318 e. The van der Waals surface area contributed by atoms with Gasteiger partial charge in [0.05, 0.1) is 11.7 Å². The number of rotatable bonds is 2. The van der Waals surface area contributed by atoms with Crippen molar-refractivity contribution in [3.8, 4) is 0 Å². The summed E-state index contributed by atoms with van der Waals surface area (Å²) in [7, 11) is 1.93. The Morgan fingerprint density at radius 2 is 2.36 bits per heavy atom. The van der Waals surface area contributed by atoms with E-state index in [1.807, 2.05) is 42.2 Å². The highest BCUT2D eigenvalue weighted by Crippen LogP contribution is 2.22. The summed E-state index contributed by atoms with van der Waals surface area (Å²) in [5.41, 5.74) is 8.15. The molecule has 0 bridgehead atoms. The molecule has 1 unspecified atom stereocenters. The lowest BCUT2D eigenvalue weighted by Gasteiger charge is -2.04. The highest BCUT2D eigenvalue weighted by molar-refractivity contribution is 7.10. The number of hydrogen-bond acceptors (Lipinski definition) is 3. The molecule has 3 nitrogen and oxygen atoms in total. The number of nitrogens with two attached hydrogens (primary N) is 1. The molecule has 0 aliphatic rings. The Morgan fingerprint density at radius 1 is 1.57 bits per heavy atom. The molecule has 0 fully saturated rings. The van der Waals surface area contributed by atoms with Crippen molar-refractivity contribution in [2.45, 2.75) is 13.0 Å². The van der Waals surface area contributed by atoms with Gasteiger partial charge in [-0.05, 0) is 24.4 Å². The van der Waals surface area contributed by atoms with Crippen LogP contribution in [0, 0.1) is 6.92 Å². The first kappa shape index (κ1) is 9.43. The maximum atomic E-state index is 6.08. The molecule has 1 atom stereocenters. The van der Waals surface area contributed by atoms with Gasteiger partial charge in [0.25, 0.3) is 0 Å². The van der Waals surface area contributed by atoms with Crippen molar-refractivity contribution >= 4 is 11.3 Å². The van der Waals surface area contributed by atoms with Gasteiger partial charge in [0, 0.05) is 17.6 Å². The molecular weight excluding hydrogens is 194 g/mol. The van der Waals surface area contributed by atoms with Gasteiger partial charge >= 0.3 is 0 Å². The van der Waals surface area contributed by atoms with Crippen molar-refractivity contribution in [2.24, 2.45) is 12.8 Å². The van der Waals surface area contributed by atoms with E-state index in [0.29, 0.717) is 0 Å². The highest BCUT2D eigenvalue weighted by atomic mass is 32.1. The summed E-state index contributed by atoms with van der Waals surface area (Å²) >= 11 is 1.67. The quantitative estimate of drug-likeness (QED) is 0.816. The molecule has 2 rings (SSSR count). The second kappa shape index (κ2) is 3.55. The first-order valence-electron chi connectivity index (χ1n) is 4.48. The van der Waals surface area contributed by atoms with E-state index in [1.165, 1.54) is 0 Å². The monoisotopic (exact) mass is 207 g/mol. The number of hydrogen-bond donors (Lipinski definition) is 1. The molecule has 2 aromatic heterocycles. The third kappa shape index (κ3) is 1.58. The fourth-order valence-electron chi connectivity index (χ4n) is 1.35. The van der Waals surface area contributed by atoms with Crippen LogP contribution in [-0.2, 0) is 7.05 Å². The van der Waals surface area contributed by atoms with E-state index in [0.717, 1.165) is 16.3 Å². The summed E-state index contributed by atoms with van der Waals surface area (Å²) in [5, 5.41) is 6.40. The first-order chi connectivity index (χ1) is 6.68. The average Bonchev–Trinajstić information content (AvgIpc) is 2.76. The van der Waals surface area contributed by atoms with Crippen molar-refractivity contribution < 1.29 is 0 Å². The van der Waals surface area contributed by atoms with Gasteiger partial charge in [-0.3, -0.25) is 4.68 Å². The van der Waals surface area contributed by atoms with Gasteiger partial charge in [0.15, 0.2) is 0 Å². The molecule has 0 spiro atoms. The Bertz CT molecular complexity index is 397. The van der Waals surface area contributed by atoms with E-state index < -0.39 is 0 Å². The standard InChI is InChI=1S/C10H13N3S/c1-7-6-8(12-13(7)2)10(11)9-4-3-5-14-9/h3-6,10H,11H2,1-2H3. The fraction of sp³-hybridized carbons (Fsp3) is 0.300. The third-order valence-electron chi connectivity index (χ3n) is 2.30. The molecule has 0 saturated heterocycles. The summed E-state index contributed by atoms with van der Waals surface area (Å²) in [6.07, 6.45) is 0. The van der Waals surface area contributed by atoms with Gasteiger partial charge in [-0.15, -0.1) is 11.3 Å². The summed E-state index contributed by atoms with van der Waals surface area (Å²) in [6.45, 7) is 2.03. The number of thiophene rings is 1. The van der Waals surface area contributed by atoms with Crippen LogP contribution < -0.4 is 5.73 Å². The summed E-state index contributed by atoms with van der Waals surface area (Å²) in [4.78, 5) is 1.16. The normalized spacial score (nSPS) is 13.1. The smallest absolute Gasteiger partial charge is 0.0848 e. The SMILES string of the molecule is Cc1cc(C(N)c2cccs2)nn1C. The molecule has 74 valence electrons. The van der Waals surface area contributed by atoms with Crippen molar-refractivity contribution in [3.05, 3.63) is 39.8 Å². The van der Waals surface area contributed by atoms with Crippen LogP contribution >= 0.6 is 11.3 Å². The predicted octanol–water partition coefficient (Wildman–Crippen LogP) is 1.84. The lowest BCUT2D eigenvalue weighted by atomic mass is 10.2. The Balaban J connectivity index is 2.32. The molecule has 4 heteroatoms. The van der Waals surface area contributed by atoms with Crippen molar-refractivity contribution in [3.63, 3.8) is 0 Å². The molecule has 2 N–H and O–H groups in total. The zero-order chi connectivity index (χ0) is 10.1.